The van der Waals surface area contributed by atoms with Gasteiger partial charge in [0.25, 0.3) is 0 Å². The van der Waals surface area contributed by atoms with Crippen LogP contribution in [-0.2, 0) is 0 Å². The van der Waals surface area contributed by atoms with Gasteiger partial charge in [-0.2, -0.15) is 8.75 Å². The summed E-state index contributed by atoms with van der Waals surface area (Å²) in [6, 6.07) is 7.69. The van der Waals surface area contributed by atoms with Crippen LogP contribution in [-0.4, -0.2) is 14.9 Å². The third-order valence-corrected chi connectivity index (χ3v) is 2.82. The number of ether oxygens (including phenoxy) is 1. The molecule has 84 valence electrons. The lowest BCUT2D eigenvalue weighted by atomic mass is 10.1. The first-order chi connectivity index (χ1) is 7.66. The Morgan fingerprint density at radius 2 is 2.12 bits per heavy atom. The molecular weight excluding hydrogens is 244 g/mol. The number of halogens is 1. The van der Waals surface area contributed by atoms with Gasteiger partial charge in [-0.25, -0.2) is 0 Å². The molecular formula is C11H11ClN2OS. The van der Waals surface area contributed by atoms with Gasteiger partial charge in [-0.3, -0.25) is 0 Å². The third kappa shape index (κ3) is 2.51. The van der Waals surface area contributed by atoms with Crippen molar-refractivity contribution in [1.29, 1.82) is 0 Å². The highest BCUT2D eigenvalue weighted by atomic mass is 35.5. The number of rotatable bonds is 3. The van der Waals surface area contributed by atoms with Crippen molar-refractivity contribution in [1.82, 2.24) is 8.75 Å². The van der Waals surface area contributed by atoms with Crippen LogP contribution < -0.4 is 4.74 Å². The fourth-order valence-electron chi connectivity index (χ4n) is 1.34. The Labute approximate surface area is 103 Å². The highest BCUT2D eigenvalue weighted by Crippen LogP contribution is 2.28. The van der Waals surface area contributed by atoms with Crippen LogP contribution in [0.25, 0.3) is 11.3 Å². The molecule has 0 amide bonds. The first-order valence-corrected chi connectivity index (χ1v) is 6.03. The van der Waals surface area contributed by atoms with E-state index in [1.54, 1.807) is 0 Å². The zero-order valence-electron chi connectivity index (χ0n) is 8.98. The van der Waals surface area contributed by atoms with Crippen LogP contribution >= 0.6 is 23.3 Å². The first-order valence-electron chi connectivity index (χ1n) is 4.92. The van der Waals surface area contributed by atoms with Crippen molar-refractivity contribution in [3.05, 3.63) is 29.4 Å². The molecule has 0 N–H and O–H groups in total. The Kier molecular flexibility index (Phi) is 3.41. The maximum Gasteiger partial charge on any atom is 0.170 e. The van der Waals surface area contributed by atoms with E-state index in [9.17, 15) is 0 Å². The fourth-order valence-corrected chi connectivity index (χ4v) is 2.11. The quantitative estimate of drug-likeness (QED) is 0.839. The van der Waals surface area contributed by atoms with Crippen molar-refractivity contribution in [3.63, 3.8) is 0 Å². The van der Waals surface area contributed by atoms with Crippen molar-refractivity contribution in [2.75, 3.05) is 0 Å². The SMILES string of the molecule is CC(C)Oc1cccc(-c2nsnc2Cl)c1. The molecule has 0 aliphatic heterocycles. The van der Waals surface area contributed by atoms with Crippen LogP contribution in [0.4, 0.5) is 0 Å². The van der Waals surface area contributed by atoms with Gasteiger partial charge in [0, 0.05) is 5.56 Å². The summed E-state index contributed by atoms with van der Waals surface area (Å²) in [6.07, 6.45) is 0.152. The fraction of sp³-hybridized carbons (Fsp3) is 0.273. The standard InChI is InChI=1S/C11H11ClN2OS/c1-7(2)15-9-5-3-4-8(6-9)10-11(12)14-16-13-10/h3-7H,1-2H3. The molecule has 16 heavy (non-hydrogen) atoms. The predicted molar refractivity (Wildman–Crippen MR) is 66.1 cm³/mol. The topological polar surface area (TPSA) is 35.0 Å². The highest BCUT2D eigenvalue weighted by molar-refractivity contribution is 6.99. The molecule has 0 unspecified atom stereocenters. The summed E-state index contributed by atoms with van der Waals surface area (Å²) >= 11 is 7.04. The van der Waals surface area contributed by atoms with Crippen LogP contribution in [0.2, 0.25) is 5.15 Å². The third-order valence-electron chi connectivity index (χ3n) is 1.93. The number of aromatic nitrogens is 2. The molecule has 5 heteroatoms. The molecule has 0 aliphatic carbocycles. The van der Waals surface area contributed by atoms with Crippen molar-refractivity contribution in [2.45, 2.75) is 20.0 Å². The summed E-state index contributed by atoms with van der Waals surface area (Å²) in [5, 5.41) is 0.437. The van der Waals surface area contributed by atoms with E-state index in [1.165, 1.54) is 0 Å². The molecule has 0 saturated heterocycles. The van der Waals surface area contributed by atoms with E-state index in [0.29, 0.717) is 10.8 Å². The number of hydrogen-bond acceptors (Lipinski definition) is 4. The smallest absolute Gasteiger partial charge is 0.170 e. The molecule has 0 fully saturated rings. The zero-order valence-corrected chi connectivity index (χ0v) is 10.5. The van der Waals surface area contributed by atoms with Crippen LogP contribution in [0.1, 0.15) is 13.8 Å². The second-order valence-corrected chi connectivity index (χ2v) is 4.48. The minimum absolute atomic E-state index is 0.152. The number of nitrogens with zero attached hydrogens (tertiary/aromatic N) is 2. The summed E-state index contributed by atoms with van der Waals surface area (Å²) < 4.78 is 13.7. The summed E-state index contributed by atoms with van der Waals surface area (Å²) in [6.45, 7) is 3.98. The zero-order chi connectivity index (χ0) is 11.5. The van der Waals surface area contributed by atoms with Crippen molar-refractivity contribution in [2.24, 2.45) is 0 Å². The summed E-state index contributed by atoms with van der Waals surface area (Å²) in [4.78, 5) is 0. The lowest BCUT2D eigenvalue weighted by Crippen LogP contribution is -2.05. The first kappa shape index (κ1) is 11.4. The Balaban J connectivity index is 2.33. The molecule has 1 aromatic heterocycles. The lowest BCUT2D eigenvalue weighted by molar-refractivity contribution is 0.242. The van der Waals surface area contributed by atoms with E-state index in [-0.39, 0.29) is 6.10 Å². The Morgan fingerprint density at radius 1 is 1.31 bits per heavy atom. The minimum Gasteiger partial charge on any atom is -0.491 e. The van der Waals surface area contributed by atoms with Gasteiger partial charge < -0.3 is 4.74 Å². The monoisotopic (exact) mass is 254 g/mol. The van der Waals surface area contributed by atoms with E-state index < -0.39 is 0 Å². The normalized spacial score (nSPS) is 10.8. The second kappa shape index (κ2) is 4.80. The van der Waals surface area contributed by atoms with E-state index in [2.05, 4.69) is 8.75 Å². The van der Waals surface area contributed by atoms with Gasteiger partial charge in [-0.1, -0.05) is 23.7 Å². The second-order valence-electron chi connectivity index (χ2n) is 3.60. The van der Waals surface area contributed by atoms with Gasteiger partial charge in [0.2, 0.25) is 0 Å². The number of benzene rings is 1. The van der Waals surface area contributed by atoms with Gasteiger partial charge in [-0.05, 0) is 26.0 Å². The predicted octanol–water partition coefficient (Wildman–Crippen LogP) is 3.65. The Morgan fingerprint density at radius 3 is 2.75 bits per heavy atom. The summed E-state index contributed by atoms with van der Waals surface area (Å²) in [5.41, 5.74) is 1.64. The summed E-state index contributed by atoms with van der Waals surface area (Å²) in [5.74, 6) is 0.816. The number of hydrogen-bond donors (Lipinski definition) is 0. The van der Waals surface area contributed by atoms with Crippen molar-refractivity contribution >= 4 is 23.3 Å². The molecule has 0 radical (unpaired) electrons. The van der Waals surface area contributed by atoms with Crippen LogP contribution in [0.15, 0.2) is 24.3 Å². The van der Waals surface area contributed by atoms with Gasteiger partial charge in [0.15, 0.2) is 5.15 Å². The van der Waals surface area contributed by atoms with Crippen molar-refractivity contribution in [3.8, 4) is 17.0 Å². The van der Waals surface area contributed by atoms with Crippen LogP contribution in [0.3, 0.4) is 0 Å². The average molecular weight is 255 g/mol. The van der Waals surface area contributed by atoms with Gasteiger partial charge in [-0.15, -0.1) is 0 Å². The highest BCUT2D eigenvalue weighted by Gasteiger charge is 2.09. The molecule has 0 spiro atoms. The molecule has 1 heterocycles. The molecule has 1 aromatic carbocycles. The molecule has 0 aliphatic rings. The maximum atomic E-state index is 5.93. The van der Waals surface area contributed by atoms with Gasteiger partial charge >= 0.3 is 0 Å². The average Bonchev–Trinajstić information content (AvgIpc) is 2.64. The minimum atomic E-state index is 0.152. The van der Waals surface area contributed by atoms with Gasteiger partial charge in [0.1, 0.15) is 11.4 Å². The lowest BCUT2D eigenvalue weighted by Gasteiger charge is -2.10. The molecule has 3 nitrogen and oxygen atoms in total. The molecule has 2 rings (SSSR count). The van der Waals surface area contributed by atoms with E-state index in [4.69, 9.17) is 16.3 Å². The maximum absolute atomic E-state index is 5.93. The van der Waals surface area contributed by atoms with Crippen molar-refractivity contribution < 1.29 is 4.74 Å². The van der Waals surface area contributed by atoms with E-state index in [0.717, 1.165) is 23.0 Å². The van der Waals surface area contributed by atoms with E-state index >= 15 is 0 Å². The molecule has 0 atom stereocenters. The van der Waals surface area contributed by atoms with E-state index in [1.807, 2.05) is 38.1 Å². The van der Waals surface area contributed by atoms with Gasteiger partial charge in [0.05, 0.1) is 17.8 Å². The molecule has 2 aromatic rings. The summed E-state index contributed by atoms with van der Waals surface area (Å²) in [7, 11) is 0. The Hall–Kier alpha value is -1.13. The van der Waals surface area contributed by atoms with Crippen LogP contribution in [0.5, 0.6) is 5.75 Å². The van der Waals surface area contributed by atoms with Crippen LogP contribution in [0, 0.1) is 0 Å². The Bertz CT molecular complexity index is 484. The molecule has 0 saturated carbocycles. The largest absolute Gasteiger partial charge is 0.491 e. The molecule has 0 bridgehead atoms.